The quantitative estimate of drug-likeness (QED) is 0.879. The van der Waals surface area contributed by atoms with Crippen LogP contribution >= 0.6 is 10.7 Å². The third kappa shape index (κ3) is 2.33. The number of hydrogen-bond acceptors (Lipinski definition) is 3. The Morgan fingerprint density at radius 2 is 2.17 bits per heavy atom. The van der Waals surface area contributed by atoms with Crippen LogP contribution in [-0.4, -0.2) is 20.0 Å². The molecule has 0 saturated heterocycles. The highest BCUT2D eigenvalue weighted by atomic mass is 35.7. The first kappa shape index (κ1) is 11.9. The fourth-order valence-corrected chi connectivity index (χ4v) is 2.89. The highest BCUT2D eigenvalue weighted by Crippen LogP contribution is 2.31. The van der Waals surface area contributed by atoms with Crippen LogP contribution in [0.4, 0.5) is 0 Å². The van der Waals surface area contributed by atoms with Crippen LogP contribution in [0.3, 0.4) is 0 Å². The lowest BCUT2D eigenvalue weighted by molar-refractivity contribution is 0.300. The summed E-state index contributed by atoms with van der Waals surface area (Å²) in [5, 5.41) is 0.587. The number of hydrogen-bond donors (Lipinski definition) is 1. The van der Waals surface area contributed by atoms with Crippen molar-refractivity contribution in [3.05, 3.63) is 24.4 Å². The second-order valence-corrected chi connectivity index (χ2v) is 7.09. The summed E-state index contributed by atoms with van der Waals surface area (Å²) in [6.07, 6.45) is 3.87. The Bertz CT molecular complexity index is 688. The molecule has 1 aliphatic carbocycles. The molecule has 4 nitrogen and oxygen atoms in total. The average molecular weight is 286 g/mol. The smallest absolute Gasteiger partial charge is 0.263 e. The molecule has 96 valence electrons. The van der Waals surface area contributed by atoms with Crippen LogP contribution in [0.2, 0.25) is 0 Å². The van der Waals surface area contributed by atoms with Crippen LogP contribution < -0.4 is 4.74 Å². The van der Waals surface area contributed by atoms with E-state index in [-0.39, 0.29) is 4.90 Å². The molecule has 1 fully saturated rings. The molecule has 1 heterocycles. The third-order valence-corrected chi connectivity index (χ3v) is 4.42. The Hall–Kier alpha value is -1.20. The fourth-order valence-electron chi connectivity index (χ4n) is 1.87. The predicted molar refractivity (Wildman–Crippen MR) is 69.6 cm³/mol. The number of nitrogens with one attached hydrogen (secondary N) is 1. The largest absolute Gasteiger partial charge is 0.493 e. The predicted octanol–water partition coefficient (Wildman–Crippen LogP) is 2.88. The van der Waals surface area contributed by atoms with Crippen LogP contribution in [0.15, 0.2) is 29.3 Å². The summed E-state index contributed by atoms with van der Waals surface area (Å²) in [5.41, 5.74) is 0.711. The van der Waals surface area contributed by atoms with Crippen molar-refractivity contribution in [1.29, 1.82) is 0 Å². The molecule has 1 aromatic carbocycles. The van der Waals surface area contributed by atoms with Crippen LogP contribution in [0.5, 0.6) is 5.75 Å². The third-order valence-electron chi connectivity index (χ3n) is 3.06. The first-order chi connectivity index (χ1) is 8.54. The van der Waals surface area contributed by atoms with E-state index in [0.29, 0.717) is 16.8 Å². The number of aromatic amines is 1. The van der Waals surface area contributed by atoms with Crippen LogP contribution in [0, 0.1) is 5.92 Å². The lowest BCUT2D eigenvalue weighted by atomic mass is 10.2. The molecule has 0 aliphatic heterocycles. The summed E-state index contributed by atoms with van der Waals surface area (Å²) in [5.74, 6) is 1.43. The maximum atomic E-state index is 11.3. The topological polar surface area (TPSA) is 59.2 Å². The van der Waals surface area contributed by atoms with Crippen molar-refractivity contribution in [2.45, 2.75) is 17.7 Å². The van der Waals surface area contributed by atoms with Gasteiger partial charge in [0.25, 0.3) is 9.05 Å². The highest BCUT2D eigenvalue weighted by molar-refractivity contribution is 8.14. The van der Waals surface area contributed by atoms with Gasteiger partial charge in [0.15, 0.2) is 0 Å². The van der Waals surface area contributed by atoms with Crippen molar-refractivity contribution < 1.29 is 13.2 Å². The Morgan fingerprint density at radius 1 is 1.39 bits per heavy atom. The Kier molecular flexibility index (Phi) is 2.75. The molecular formula is C12H12ClNO3S. The normalized spacial score (nSPS) is 16.1. The number of halogens is 1. The van der Waals surface area contributed by atoms with E-state index >= 15 is 0 Å². The van der Waals surface area contributed by atoms with Gasteiger partial charge in [-0.15, -0.1) is 0 Å². The Morgan fingerprint density at radius 3 is 2.83 bits per heavy atom. The van der Waals surface area contributed by atoms with Gasteiger partial charge in [-0.25, -0.2) is 8.42 Å². The zero-order valence-corrected chi connectivity index (χ0v) is 11.1. The van der Waals surface area contributed by atoms with E-state index in [0.717, 1.165) is 12.4 Å². The van der Waals surface area contributed by atoms with Crippen molar-refractivity contribution in [3.8, 4) is 5.75 Å². The minimum Gasteiger partial charge on any atom is -0.493 e. The van der Waals surface area contributed by atoms with Gasteiger partial charge in [-0.05, 0) is 30.9 Å². The summed E-state index contributed by atoms with van der Waals surface area (Å²) in [6, 6.07) is 5.27. The zero-order chi connectivity index (χ0) is 12.8. The molecule has 0 amide bonds. The van der Waals surface area contributed by atoms with Gasteiger partial charge >= 0.3 is 0 Å². The highest BCUT2D eigenvalue weighted by Gasteiger charge is 2.22. The van der Waals surface area contributed by atoms with Crippen molar-refractivity contribution in [2.24, 2.45) is 5.92 Å². The summed E-state index contributed by atoms with van der Waals surface area (Å²) < 4.78 is 28.3. The van der Waals surface area contributed by atoms with E-state index in [1.54, 1.807) is 18.2 Å². The molecule has 0 atom stereocenters. The molecule has 1 aromatic heterocycles. The molecule has 0 spiro atoms. The van der Waals surface area contributed by atoms with Crippen LogP contribution in [-0.2, 0) is 9.05 Å². The lowest BCUT2D eigenvalue weighted by Crippen LogP contribution is -1.98. The molecule has 18 heavy (non-hydrogen) atoms. The molecule has 0 radical (unpaired) electrons. The first-order valence-electron chi connectivity index (χ1n) is 5.72. The van der Waals surface area contributed by atoms with E-state index in [9.17, 15) is 8.42 Å². The van der Waals surface area contributed by atoms with Crippen LogP contribution in [0.25, 0.3) is 10.9 Å². The molecule has 0 unspecified atom stereocenters. The summed E-state index contributed by atoms with van der Waals surface area (Å²) in [4.78, 5) is 3.00. The van der Waals surface area contributed by atoms with Gasteiger partial charge in [0.05, 0.1) is 12.1 Å². The van der Waals surface area contributed by atoms with Gasteiger partial charge in [0, 0.05) is 28.3 Å². The van der Waals surface area contributed by atoms with Crippen LogP contribution in [0.1, 0.15) is 12.8 Å². The summed E-state index contributed by atoms with van der Waals surface area (Å²) >= 11 is 0. The second kappa shape index (κ2) is 4.17. The summed E-state index contributed by atoms with van der Waals surface area (Å²) in [7, 11) is 1.64. The van der Waals surface area contributed by atoms with E-state index in [1.807, 2.05) is 0 Å². The molecule has 1 aliphatic rings. The minimum absolute atomic E-state index is 0.105. The number of H-pyrrole nitrogens is 1. The molecule has 0 bridgehead atoms. The number of aromatic nitrogens is 1. The van der Waals surface area contributed by atoms with Gasteiger partial charge < -0.3 is 9.72 Å². The van der Waals surface area contributed by atoms with Crippen molar-refractivity contribution >= 4 is 30.6 Å². The number of ether oxygens (including phenoxy) is 1. The fraction of sp³-hybridized carbons (Fsp3) is 0.333. The zero-order valence-electron chi connectivity index (χ0n) is 9.52. The maximum absolute atomic E-state index is 11.3. The minimum atomic E-state index is -3.71. The second-order valence-electron chi connectivity index (χ2n) is 4.55. The molecule has 1 saturated carbocycles. The monoisotopic (exact) mass is 285 g/mol. The average Bonchev–Trinajstić information content (AvgIpc) is 3.02. The molecule has 1 N–H and O–H groups in total. The summed E-state index contributed by atoms with van der Waals surface area (Å²) in [6.45, 7) is 0.729. The maximum Gasteiger partial charge on any atom is 0.263 e. The van der Waals surface area contributed by atoms with Gasteiger partial charge in [0.2, 0.25) is 0 Å². The number of fused-ring (bicyclic) bond motifs is 1. The first-order valence-corrected chi connectivity index (χ1v) is 8.03. The molecular weight excluding hydrogens is 274 g/mol. The van der Waals surface area contributed by atoms with Gasteiger partial charge in [-0.1, -0.05) is 0 Å². The molecule has 3 rings (SSSR count). The molecule has 2 aromatic rings. The Labute approximate surface area is 109 Å². The van der Waals surface area contributed by atoms with Gasteiger partial charge in [-0.3, -0.25) is 0 Å². The number of rotatable bonds is 4. The van der Waals surface area contributed by atoms with E-state index in [4.69, 9.17) is 15.4 Å². The van der Waals surface area contributed by atoms with Gasteiger partial charge in [-0.2, -0.15) is 0 Å². The van der Waals surface area contributed by atoms with Crippen molar-refractivity contribution in [2.75, 3.05) is 6.61 Å². The van der Waals surface area contributed by atoms with Crippen molar-refractivity contribution in [1.82, 2.24) is 4.98 Å². The SMILES string of the molecule is O=S(=O)(Cl)c1c[nH]c2cc(OCC3CC3)ccc12. The Balaban J connectivity index is 1.93. The van der Waals surface area contributed by atoms with E-state index in [1.165, 1.54) is 19.0 Å². The van der Waals surface area contributed by atoms with Gasteiger partial charge in [0.1, 0.15) is 10.6 Å². The molecule has 6 heteroatoms. The standard InChI is InChI=1S/C12H12ClNO3S/c13-18(15,16)12-6-14-11-5-9(3-4-10(11)12)17-7-8-1-2-8/h3-6,8,14H,1-2,7H2. The van der Waals surface area contributed by atoms with E-state index < -0.39 is 9.05 Å². The lowest BCUT2D eigenvalue weighted by Gasteiger charge is -2.04. The number of benzene rings is 1. The van der Waals surface area contributed by atoms with E-state index in [2.05, 4.69) is 4.98 Å². The van der Waals surface area contributed by atoms with Crippen molar-refractivity contribution in [3.63, 3.8) is 0 Å².